The van der Waals surface area contributed by atoms with Gasteiger partial charge in [0.15, 0.2) is 5.96 Å². The Hall–Kier alpha value is -1.81. The maximum atomic E-state index is 10.2. The van der Waals surface area contributed by atoms with E-state index in [2.05, 4.69) is 25.1 Å². The van der Waals surface area contributed by atoms with Crippen molar-refractivity contribution in [1.29, 1.82) is 0 Å². The van der Waals surface area contributed by atoms with Crippen LogP contribution in [0.25, 0.3) is 0 Å². The average Bonchev–Trinajstić information content (AvgIpc) is 3.21. The zero-order chi connectivity index (χ0) is 17.5. The first kappa shape index (κ1) is 20.5. The van der Waals surface area contributed by atoms with Gasteiger partial charge in [-0.2, -0.15) is 0 Å². The minimum atomic E-state index is -0.724. The summed E-state index contributed by atoms with van der Waals surface area (Å²) >= 11 is 0. The normalized spacial score (nSPS) is 16.2. The van der Waals surface area contributed by atoms with Crippen LogP contribution in [0.3, 0.4) is 0 Å². The number of aliphatic hydroxyl groups excluding tert-OH is 1. The van der Waals surface area contributed by atoms with Gasteiger partial charge in [0.2, 0.25) is 0 Å². The van der Waals surface area contributed by atoms with E-state index in [4.69, 9.17) is 4.42 Å². The van der Waals surface area contributed by atoms with E-state index in [-0.39, 0.29) is 30.5 Å². The molecule has 0 bridgehead atoms. The number of aliphatic hydroxyl groups is 1. The Balaban J connectivity index is 0.00000243. The number of anilines is 1. The van der Waals surface area contributed by atoms with Crippen LogP contribution in [0.4, 0.5) is 5.82 Å². The minimum Gasteiger partial charge on any atom is -0.467 e. The monoisotopic (exact) mass is 471 g/mol. The van der Waals surface area contributed by atoms with Gasteiger partial charge in [-0.3, -0.25) is 0 Å². The van der Waals surface area contributed by atoms with E-state index in [0.29, 0.717) is 5.76 Å². The first-order chi connectivity index (χ1) is 12.3. The molecule has 1 fully saturated rings. The molecule has 0 aliphatic carbocycles. The van der Waals surface area contributed by atoms with Crippen molar-refractivity contribution in [3.8, 4) is 0 Å². The second-order valence-corrected chi connectivity index (χ2v) is 5.89. The molecular weight excluding hydrogens is 445 g/mol. The number of furan rings is 1. The minimum absolute atomic E-state index is 0. The Bertz CT molecular complexity index is 657. The van der Waals surface area contributed by atoms with Gasteiger partial charge in [0.05, 0.1) is 12.8 Å². The summed E-state index contributed by atoms with van der Waals surface area (Å²) < 4.78 is 5.23. The molecule has 26 heavy (non-hydrogen) atoms. The number of guanidine groups is 1. The number of rotatable bonds is 5. The topological polar surface area (TPSA) is 77.1 Å². The number of nitrogens with zero attached hydrogens (tertiary/aromatic N) is 4. The highest BCUT2D eigenvalue weighted by Crippen LogP contribution is 2.15. The van der Waals surface area contributed by atoms with Gasteiger partial charge >= 0.3 is 0 Å². The van der Waals surface area contributed by atoms with Crippen molar-refractivity contribution in [3.63, 3.8) is 0 Å². The molecule has 0 spiro atoms. The summed E-state index contributed by atoms with van der Waals surface area (Å²) in [4.78, 5) is 13.5. The predicted molar refractivity (Wildman–Crippen MR) is 113 cm³/mol. The lowest BCUT2D eigenvalue weighted by atomic mass is 10.3. The molecule has 2 N–H and O–H groups in total. The fourth-order valence-corrected chi connectivity index (χ4v) is 2.86. The highest BCUT2D eigenvalue weighted by Gasteiger charge is 2.21. The van der Waals surface area contributed by atoms with Crippen LogP contribution in [-0.2, 0) is 0 Å². The van der Waals surface area contributed by atoms with E-state index in [1.807, 2.05) is 31.3 Å². The summed E-state index contributed by atoms with van der Waals surface area (Å²) in [7, 11) is 0. The molecule has 0 amide bonds. The Labute approximate surface area is 171 Å². The highest BCUT2D eigenvalue weighted by molar-refractivity contribution is 14.0. The summed E-state index contributed by atoms with van der Waals surface area (Å²) in [5.74, 6) is 2.38. The van der Waals surface area contributed by atoms with Gasteiger partial charge < -0.3 is 24.6 Å². The van der Waals surface area contributed by atoms with Crippen LogP contribution < -0.4 is 10.2 Å². The molecule has 3 heterocycles. The van der Waals surface area contributed by atoms with Gasteiger partial charge in [-0.15, -0.1) is 24.0 Å². The fourth-order valence-electron chi connectivity index (χ4n) is 2.86. The number of aliphatic imine (C=N–C) groups is 1. The van der Waals surface area contributed by atoms with Crippen LogP contribution in [-0.4, -0.2) is 60.2 Å². The molecule has 142 valence electrons. The zero-order valence-corrected chi connectivity index (χ0v) is 17.2. The van der Waals surface area contributed by atoms with Gasteiger partial charge in [0.25, 0.3) is 0 Å². The number of piperazine rings is 1. The number of aromatic nitrogens is 1. The lowest BCUT2D eigenvalue weighted by Gasteiger charge is -2.37. The number of nitrogens with one attached hydrogen (secondary N) is 1. The Morgan fingerprint density at radius 2 is 2.08 bits per heavy atom. The molecule has 8 heteroatoms. The molecular formula is C18H26IN5O2. The van der Waals surface area contributed by atoms with Crippen molar-refractivity contribution in [1.82, 2.24) is 15.2 Å². The average molecular weight is 471 g/mol. The third-order valence-electron chi connectivity index (χ3n) is 4.17. The van der Waals surface area contributed by atoms with Crippen LogP contribution >= 0.6 is 24.0 Å². The van der Waals surface area contributed by atoms with Gasteiger partial charge in [0.1, 0.15) is 17.7 Å². The second kappa shape index (κ2) is 10.4. The van der Waals surface area contributed by atoms with Crippen LogP contribution in [0, 0.1) is 0 Å². The largest absolute Gasteiger partial charge is 0.467 e. The lowest BCUT2D eigenvalue weighted by Crippen LogP contribution is -2.52. The first-order valence-corrected chi connectivity index (χ1v) is 8.68. The molecule has 0 saturated carbocycles. The molecule has 1 atom stereocenters. The van der Waals surface area contributed by atoms with Crippen molar-refractivity contribution in [2.24, 2.45) is 4.99 Å². The predicted octanol–water partition coefficient (Wildman–Crippen LogP) is 2.11. The number of hydrogen-bond acceptors (Lipinski definition) is 5. The van der Waals surface area contributed by atoms with Gasteiger partial charge in [0, 0.05) is 38.9 Å². The quantitative estimate of drug-likeness (QED) is 0.396. The zero-order valence-electron chi connectivity index (χ0n) is 14.9. The van der Waals surface area contributed by atoms with E-state index in [1.54, 1.807) is 18.4 Å². The summed E-state index contributed by atoms with van der Waals surface area (Å²) in [6.07, 6.45) is 2.66. The maximum absolute atomic E-state index is 10.2. The molecule has 0 radical (unpaired) electrons. The highest BCUT2D eigenvalue weighted by atomic mass is 127. The molecule has 1 unspecified atom stereocenters. The van der Waals surface area contributed by atoms with Crippen molar-refractivity contribution in [3.05, 3.63) is 48.6 Å². The molecule has 1 saturated heterocycles. The summed E-state index contributed by atoms with van der Waals surface area (Å²) in [5, 5.41) is 13.5. The second-order valence-electron chi connectivity index (χ2n) is 5.89. The Morgan fingerprint density at radius 1 is 1.27 bits per heavy atom. The summed E-state index contributed by atoms with van der Waals surface area (Å²) in [6, 6.07) is 9.51. The molecule has 1 aliphatic heterocycles. The van der Waals surface area contributed by atoms with E-state index in [9.17, 15) is 5.11 Å². The van der Waals surface area contributed by atoms with Gasteiger partial charge in [-0.25, -0.2) is 9.98 Å². The molecule has 0 aromatic carbocycles. The SMILES string of the molecule is CCNC(=NCC(O)c1ccco1)N1CCN(c2ccccn2)CC1.I. The van der Waals surface area contributed by atoms with Crippen LogP contribution in [0.2, 0.25) is 0 Å². The van der Waals surface area contributed by atoms with Crippen molar-refractivity contribution < 1.29 is 9.52 Å². The van der Waals surface area contributed by atoms with Gasteiger partial charge in [-0.1, -0.05) is 6.07 Å². The Morgan fingerprint density at radius 3 is 2.69 bits per heavy atom. The first-order valence-electron chi connectivity index (χ1n) is 8.68. The van der Waals surface area contributed by atoms with Crippen molar-refractivity contribution >= 4 is 35.8 Å². The lowest BCUT2D eigenvalue weighted by molar-refractivity contribution is 0.158. The van der Waals surface area contributed by atoms with Crippen LogP contribution in [0.5, 0.6) is 0 Å². The standard InChI is InChI=1S/C18H25N5O2.HI/c1-2-19-18(21-14-15(24)16-6-5-13-25-16)23-11-9-22(10-12-23)17-7-3-4-8-20-17;/h3-8,13,15,24H,2,9-12,14H2,1H3,(H,19,21);1H. The van der Waals surface area contributed by atoms with E-state index in [0.717, 1.165) is 44.5 Å². The maximum Gasteiger partial charge on any atom is 0.194 e. The summed E-state index contributed by atoms with van der Waals surface area (Å²) in [5.41, 5.74) is 0. The van der Waals surface area contributed by atoms with Crippen molar-refractivity contribution in [2.75, 3.05) is 44.2 Å². The van der Waals surface area contributed by atoms with Gasteiger partial charge in [-0.05, 0) is 31.2 Å². The smallest absolute Gasteiger partial charge is 0.194 e. The Kier molecular flexibility index (Phi) is 8.17. The fraction of sp³-hybridized carbons (Fsp3) is 0.444. The van der Waals surface area contributed by atoms with E-state index >= 15 is 0 Å². The molecule has 7 nitrogen and oxygen atoms in total. The number of hydrogen-bond donors (Lipinski definition) is 2. The van der Waals surface area contributed by atoms with Crippen molar-refractivity contribution in [2.45, 2.75) is 13.0 Å². The van der Waals surface area contributed by atoms with E-state index < -0.39 is 6.10 Å². The third-order valence-corrected chi connectivity index (χ3v) is 4.17. The molecule has 2 aromatic heterocycles. The molecule has 3 rings (SSSR count). The third kappa shape index (κ3) is 5.34. The summed E-state index contributed by atoms with van der Waals surface area (Å²) in [6.45, 7) is 6.61. The number of pyridine rings is 1. The molecule has 2 aromatic rings. The molecule has 1 aliphatic rings. The van der Waals surface area contributed by atoms with E-state index in [1.165, 1.54) is 0 Å². The van der Waals surface area contributed by atoms with Crippen LogP contribution in [0.1, 0.15) is 18.8 Å². The van der Waals surface area contributed by atoms with Crippen LogP contribution in [0.15, 0.2) is 52.2 Å². The number of halogens is 1.